The van der Waals surface area contributed by atoms with Crippen molar-refractivity contribution in [3.8, 4) is 11.3 Å². The zero-order chi connectivity index (χ0) is 21.4. The Labute approximate surface area is 184 Å². The van der Waals surface area contributed by atoms with Gasteiger partial charge in [0, 0.05) is 23.1 Å². The second-order valence-corrected chi connectivity index (χ2v) is 8.30. The van der Waals surface area contributed by atoms with Gasteiger partial charge in [-0.2, -0.15) is 0 Å². The van der Waals surface area contributed by atoms with Gasteiger partial charge in [0.2, 0.25) is 4.96 Å². The molecule has 0 bridgehead atoms. The van der Waals surface area contributed by atoms with Crippen LogP contribution in [0.15, 0.2) is 80.7 Å². The molecular weight excluding hydrogens is 434 g/mol. The standard InChI is InChI=1S/C23H14ClN3O3S/c24-16-8-6-15(7-9-16)19-11-10-17(30-19)13-20-22(29)27-21(28)18(25-26-23(27)31-20)12-14-4-2-1-3-5-14/h1-11,13H,12H2/b20-13+. The Morgan fingerprint density at radius 1 is 0.935 bits per heavy atom. The second-order valence-electron chi connectivity index (χ2n) is 6.86. The summed E-state index contributed by atoms with van der Waals surface area (Å²) in [6.45, 7) is 0. The number of aromatic nitrogens is 3. The lowest BCUT2D eigenvalue weighted by Crippen LogP contribution is -2.33. The predicted molar refractivity (Wildman–Crippen MR) is 121 cm³/mol. The number of hydrogen-bond donors (Lipinski definition) is 0. The van der Waals surface area contributed by atoms with Crippen LogP contribution in [0.3, 0.4) is 0 Å². The van der Waals surface area contributed by atoms with E-state index in [1.807, 2.05) is 48.5 Å². The van der Waals surface area contributed by atoms with Crippen LogP contribution in [0.4, 0.5) is 0 Å². The number of hydrogen-bond acceptors (Lipinski definition) is 6. The highest BCUT2D eigenvalue weighted by atomic mass is 35.5. The monoisotopic (exact) mass is 447 g/mol. The number of thiazole rings is 1. The minimum atomic E-state index is -0.448. The van der Waals surface area contributed by atoms with Crippen molar-refractivity contribution < 1.29 is 4.42 Å². The summed E-state index contributed by atoms with van der Waals surface area (Å²) in [6, 6.07) is 20.3. The molecule has 0 aliphatic heterocycles. The van der Waals surface area contributed by atoms with Crippen LogP contribution in [0.5, 0.6) is 0 Å². The molecular formula is C23H14ClN3O3S. The van der Waals surface area contributed by atoms with Gasteiger partial charge < -0.3 is 4.42 Å². The van der Waals surface area contributed by atoms with E-state index in [0.717, 1.165) is 26.9 Å². The third-order valence-electron chi connectivity index (χ3n) is 4.76. The Balaban J connectivity index is 1.54. The van der Waals surface area contributed by atoms with Crippen LogP contribution < -0.4 is 15.7 Å². The van der Waals surface area contributed by atoms with Crippen LogP contribution in [0.1, 0.15) is 17.0 Å². The molecule has 0 aliphatic rings. The normalized spacial score (nSPS) is 12.0. The van der Waals surface area contributed by atoms with Crippen molar-refractivity contribution in [2.45, 2.75) is 6.42 Å². The first-order valence-corrected chi connectivity index (χ1v) is 10.6. The summed E-state index contributed by atoms with van der Waals surface area (Å²) in [4.78, 5) is 26.0. The van der Waals surface area contributed by atoms with Gasteiger partial charge in [-0.3, -0.25) is 9.59 Å². The maximum atomic E-state index is 12.9. The van der Waals surface area contributed by atoms with Crippen LogP contribution in [0, 0.1) is 0 Å². The van der Waals surface area contributed by atoms with E-state index in [2.05, 4.69) is 10.2 Å². The molecule has 0 fully saturated rings. The summed E-state index contributed by atoms with van der Waals surface area (Å²) in [5.41, 5.74) is 1.15. The molecule has 0 spiro atoms. The van der Waals surface area contributed by atoms with Crippen molar-refractivity contribution in [3.63, 3.8) is 0 Å². The first-order chi connectivity index (χ1) is 15.1. The highest BCUT2D eigenvalue weighted by molar-refractivity contribution is 7.15. The first-order valence-electron chi connectivity index (χ1n) is 9.41. The number of halogens is 1. The maximum Gasteiger partial charge on any atom is 0.283 e. The minimum absolute atomic E-state index is 0.230. The Morgan fingerprint density at radius 3 is 2.48 bits per heavy atom. The molecule has 2 aromatic carbocycles. The number of rotatable bonds is 4. The molecule has 0 unspecified atom stereocenters. The summed E-state index contributed by atoms with van der Waals surface area (Å²) < 4.78 is 7.26. The van der Waals surface area contributed by atoms with Crippen molar-refractivity contribution in [1.29, 1.82) is 0 Å². The minimum Gasteiger partial charge on any atom is -0.457 e. The van der Waals surface area contributed by atoms with Gasteiger partial charge in [-0.25, -0.2) is 4.40 Å². The van der Waals surface area contributed by atoms with Gasteiger partial charge in [0.05, 0.1) is 0 Å². The van der Waals surface area contributed by atoms with Crippen LogP contribution in [0.25, 0.3) is 22.4 Å². The van der Waals surface area contributed by atoms with Gasteiger partial charge in [0.15, 0.2) is 0 Å². The van der Waals surface area contributed by atoms with Gasteiger partial charge in [-0.05, 0) is 42.0 Å². The molecule has 0 radical (unpaired) electrons. The highest BCUT2D eigenvalue weighted by Crippen LogP contribution is 2.24. The lowest BCUT2D eigenvalue weighted by atomic mass is 10.1. The van der Waals surface area contributed by atoms with Crippen molar-refractivity contribution in [1.82, 2.24) is 14.6 Å². The molecule has 0 aliphatic carbocycles. The van der Waals surface area contributed by atoms with Crippen LogP contribution in [-0.2, 0) is 6.42 Å². The van der Waals surface area contributed by atoms with E-state index in [0.29, 0.717) is 27.5 Å². The van der Waals surface area contributed by atoms with Crippen LogP contribution in [0.2, 0.25) is 5.02 Å². The predicted octanol–water partition coefficient (Wildman–Crippen LogP) is 3.56. The fourth-order valence-corrected chi connectivity index (χ4v) is 4.24. The van der Waals surface area contributed by atoms with E-state index < -0.39 is 11.1 Å². The summed E-state index contributed by atoms with van der Waals surface area (Å²) in [5, 5.41) is 8.79. The molecule has 0 amide bonds. The Morgan fingerprint density at radius 2 is 1.71 bits per heavy atom. The lowest BCUT2D eigenvalue weighted by Gasteiger charge is -1.99. The Kier molecular flexibility index (Phi) is 4.97. The summed E-state index contributed by atoms with van der Waals surface area (Å²) in [7, 11) is 0. The number of benzene rings is 2. The topological polar surface area (TPSA) is 77.5 Å². The molecule has 3 aromatic heterocycles. The summed E-state index contributed by atoms with van der Waals surface area (Å²) >= 11 is 7.03. The zero-order valence-electron chi connectivity index (χ0n) is 16.0. The van der Waals surface area contributed by atoms with E-state index in [-0.39, 0.29) is 10.7 Å². The second kappa shape index (κ2) is 7.94. The molecule has 0 atom stereocenters. The number of nitrogens with zero attached hydrogens (tertiary/aromatic N) is 3. The summed E-state index contributed by atoms with van der Waals surface area (Å²) in [6.07, 6.45) is 1.92. The van der Waals surface area contributed by atoms with Gasteiger partial charge in [0.1, 0.15) is 21.7 Å². The quantitative estimate of drug-likeness (QED) is 0.421. The molecule has 3 heterocycles. The van der Waals surface area contributed by atoms with Gasteiger partial charge in [-0.1, -0.05) is 53.3 Å². The molecule has 6 nitrogen and oxygen atoms in total. The molecule has 5 aromatic rings. The van der Waals surface area contributed by atoms with E-state index >= 15 is 0 Å². The van der Waals surface area contributed by atoms with Gasteiger partial charge >= 0.3 is 0 Å². The van der Waals surface area contributed by atoms with Crippen molar-refractivity contribution in [3.05, 3.63) is 114 Å². The maximum absolute atomic E-state index is 12.9. The Hall–Kier alpha value is -3.55. The third kappa shape index (κ3) is 3.81. The molecule has 152 valence electrons. The van der Waals surface area contributed by atoms with Crippen molar-refractivity contribution in [2.75, 3.05) is 0 Å². The number of fused-ring (bicyclic) bond motifs is 1. The molecule has 0 saturated carbocycles. The third-order valence-corrected chi connectivity index (χ3v) is 5.97. The van der Waals surface area contributed by atoms with Crippen LogP contribution >= 0.6 is 22.9 Å². The highest BCUT2D eigenvalue weighted by Gasteiger charge is 2.13. The van der Waals surface area contributed by atoms with Crippen molar-refractivity contribution >= 4 is 34.0 Å². The molecule has 31 heavy (non-hydrogen) atoms. The zero-order valence-corrected chi connectivity index (χ0v) is 17.6. The number of furan rings is 1. The van der Waals surface area contributed by atoms with E-state index in [9.17, 15) is 9.59 Å². The van der Waals surface area contributed by atoms with E-state index in [1.165, 1.54) is 0 Å². The average Bonchev–Trinajstić information content (AvgIpc) is 3.37. The van der Waals surface area contributed by atoms with E-state index in [1.54, 1.807) is 24.3 Å². The van der Waals surface area contributed by atoms with Gasteiger partial charge in [-0.15, -0.1) is 10.2 Å². The van der Waals surface area contributed by atoms with E-state index in [4.69, 9.17) is 16.0 Å². The fraction of sp³-hybridized carbons (Fsp3) is 0.0435. The molecule has 5 rings (SSSR count). The fourth-order valence-electron chi connectivity index (χ4n) is 3.22. The molecule has 0 N–H and O–H groups in total. The van der Waals surface area contributed by atoms with Crippen LogP contribution in [-0.4, -0.2) is 14.6 Å². The SMILES string of the molecule is O=c1c(Cc2ccccc2)nnc2s/c(=C/c3ccc(-c4ccc(Cl)cc4)o3)c(=O)n12. The van der Waals surface area contributed by atoms with Gasteiger partial charge in [0.25, 0.3) is 11.1 Å². The average molecular weight is 448 g/mol. The lowest BCUT2D eigenvalue weighted by molar-refractivity contribution is 0.571. The Bertz CT molecular complexity index is 1550. The molecule has 0 saturated heterocycles. The largest absolute Gasteiger partial charge is 0.457 e. The smallest absolute Gasteiger partial charge is 0.283 e. The first kappa shape index (κ1) is 19.4. The molecule has 8 heteroatoms. The summed E-state index contributed by atoms with van der Waals surface area (Å²) in [5.74, 6) is 1.15. The van der Waals surface area contributed by atoms with Crippen molar-refractivity contribution in [2.24, 2.45) is 0 Å².